The van der Waals surface area contributed by atoms with Crippen LogP contribution < -0.4 is 5.32 Å². The number of halogens is 1. The number of carbonyl (C=O) groups excluding carboxylic acids is 1. The smallest absolute Gasteiger partial charge is 0.257 e. The van der Waals surface area contributed by atoms with E-state index in [1.807, 2.05) is 53.9 Å². The maximum Gasteiger partial charge on any atom is 0.257 e. The van der Waals surface area contributed by atoms with Gasteiger partial charge in [0.05, 0.1) is 5.69 Å². The van der Waals surface area contributed by atoms with Crippen LogP contribution in [0.25, 0.3) is 11.3 Å². The van der Waals surface area contributed by atoms with Crippen molar-refractivity contribution in [3.05, 3.63) is 69.5 Å². The quantitative estimate of drug-likeness (QED) is 0.560. The van der Waals surface area contributed by atoms with Gasteiger partial charge in [-0.3, -0.25) is 10.1 Å². The summed E-state index contributed by atoms with van der Waals surface area (Å²) < 4.78 is 1.00. The molecular weight excluding hydrogens is 396 g/mol. The normalized spacial score (nSPS) is 11.4. The molecule has 5 heteroatoms. The first-order valence-electron chi connectivity index (χ1n) is 7.96. The van der Waals surface area contributed by atoms with E-state index in [2.05, 4.69) is 47.0 Å². The number of hydrogen-bond donors (Lipinski definition) is 1. The highest BCUT2D eigenvalue weighted by Gasteiger charge is 2.15. The molecule has 0 aliphatic heterocycles. The van der Waals surface area contributed by atoms with Crippen LogP contribution in [0.1, 0.15) is 36.7 Å². The molecule has 3 aromatic rings. The predicted octanol–water partition coefficient (Wildman–Crippen LogP) is 6.12. The van der Waals surface area contributed by atoms with Gasteiger partial charge in [-0.2, -0.15) is 0 Å². The third kappa shape index (κ3) is 4.35. The summed E-state index contributed by atoms with van der Waals surface area (Å²) in [5.41, 5.74) is 3.77. The SMILES string of the molecule is CC(C)(C)c1ccc(C(=O)Nc2nc(-c3cccc(Br)c3)cs2)cc1. The van der Waals surface area contributed by atoms with Gasteiger partial charge >= 0.3 is 0 Å². The number of amides is 1. The summed E-state index contributed by atoms with van der Waals surface area (Å²) in [6.45, 7) is 6.46. The summed E-state index contributed by atoms with van der Waals surface area (Å²) in [6.07, 6.45) is 0. The van der Waals surface area contributed by atoms with Crippen LogP contribution in [0, 0.1) is 0 Å². The van der Waals surface area contributed by atoms with Crippen molar-refractivity contribution < 1.29 is 4.79 Å². The number of carbonyl (C=O) groups is 1. The van der Waals surface area contributed by atoms with Crippen molar-refractivity contribution in [1.29, 1.82) is 0 Å². The van der Waals surface area contributed by atoms with Crippen molar-refractivity contribution in [2.45, 2.75) is 26.2 Å². The summed E-state index contributed by atoms with van der Waals surface area (Å²) >= 11 is 4.88. The zero-order valence-electron chi connectivity index (χ0n) is 14.3. The number of benzene rings is 2. The molecule has 1 aromatic heterocycles. The molecule has 0 aliphatic rings. The summed E-state index contributed by atoms with van der Waals surface area (Å²) in [6, 6.07) is 15.7. The monoisotopic (exact) mass is 414 g/mol. The number of hydrogen-bond acceptors (Lipinski definition) is 3. The Balaban J connectivity index is 1.73. The van der Waals surface area contributed by atoms with E-state index in [1.54, 1.807) is 0 Å². The minimum Gasteiger partial charge on any atom is -0.298 e. The lowest BCUT2D eigenvalue weighted by Gasteiger charge is -2.18. The van der Waals surface area contributed by atoms with Gasteiger partial charge in [-0.1, -0.05) is 61.0 Å². The van der Waals surface area contributed by atoms with Crippen LogP contribution in [0.2, 0.25) is 0 Å². The molecule has 0 bridgehead atoms. The second-order valence-electron chi connectivity index (χ2n) is 6.83. The zero-order valence-corrected chi connectivity index (χ0v) is 16.7. The molecule has 128 valence electrons. The van der Waals surface area contributed by atoms with Crippen LogP contribution in [0.4, 0.5) is 5.13 Å². The van der Waals surface area contributed by atoms with E-state index < -0.39 is 0 Å². The molecule has 1 amide bonds. The second-order valence-corrected chi connectivity index (χ2v) is 8.60. The number of anilines is 1. The molecule has 3 rings (SSSR count). The number of rotatable bonds is 3. The minimum atomic E-state index is -0.143. The van der Waals surface area contributed by atoms with Crippen molar-refractivity contribution >= 4 is 38.3 Å². The maximum absolute atomic E-state index is 12.4. The number of nitrogens with one attached hydrogen (secondary N) is 1. The van der Waals surface area contributed by atoms with Gasteiger partial charge < -0.3 is 0 Å². The van der Waals surface area contributed by atoms with Crippen LogP contribution in [0.15, 0.2) is 58.4 Å². The lowest BCUT2D eigenvalue weighted by molar-refractivity contribution is 0.102. The molecule has 25 heavy (non-hydrogen) atoms. The molecule has 0 radical (unpaired) electrons. The Kier molecular flexibility index (Phi) is 5.06. The summed E-state index contributed by atoms with van der Waals surface area (Å²) in [5, 5.41) is 5.42. The predicted molar refractivity (Wildman–Crippen MR) is 108 cm³/mol. The van der Waals surface area contributed by atoms with Gasteiger partial charge in [-0.05, 0) is 35.2 Å². The highest BCUT2D eigenvalue weighted by Crippen LogP contribution is 2.27. The fourth-order valence-corrected chi connectivity index (χ4v) is 3.52. The lowest BCUT2D eigenvalue weighted by atomic mass is 9.87. The van der Waals surface area contributed by atoms with E-state index in [-0.39, 0.29) is 11.3 Å². The van der Waals surface area contributed by atoms with Gasteiger partial charge in [0.1, 0.15) is 0 Å². The van der Waals surface area contributed by atoms with Gasteiger partial charge in [0.2, 0.25) is 0 Å². The summed E-state index contributed by atoms with van der Waals surface area (Å²) in [5.74, 6) is -0.143. The average molecular weight is 415 g/mol. The molecular formula is C20H19BrN2OS. The largest absolute Gasteiger partial charge is 0.298 e. The lowest BCUT2D eigenvalue weighted by Crippen LogP contribution is -2.14. The Labute approximate surface area is 160 Å². The summed E-state index contributed by atoms with van der Waals surface area (Å²) in [4.78, 5) is 16.9. The number of nitrogens with zero attached hydrogens (tertiary/aromatic N) is 1. The van der Waals surface area contributed by atoms with Crippen LogP contribution in [0.5, 0.6) is 0 Å². The standard InChI is InChI=1S/C20H19BrN2OS/c1-20(2,3)15-9-7-13(8-10-15)18(24)23-19-22-17(12-25-19)14-5-4-6-16(21)11-14/h4-12H,1-3H3,(H,22,23,24). The fraction of sp³-hybridized carbons (Fsp3) is 0.200. The van der Waals surface area contributed by atoms with Crippen molar-refractivity contribution in [3.63, 3.8) is 0 Å². The molecule has 2 aromatic carbocycles. The number of thiazole rings is 1. The zero-order chi connectivity index (χ0) is 18.0. The molecule has 0 fully saturated rings. The Morgan fingerprint density at radius 3 is 2.48 bits per heavy atom. The van der Waals surface area contributed by atoms with Gasteiger partial charge in [0, 0.05) is 21.0 Å². The highest BCUT2D eigenvalue weighted by atomic mass is 79.9. The van der Waals surface area contributed by atoms with Gasteiger partial charge in [-0.25, -0.2) is 4.98 Å². The van der Waals surface area contributed by atoms with E-state index in [0.29, 0.717) is 10.7 Å². The molecule has 0 spiro atoms. The van der Waals surface area contributed by atoms with Crippen LogP contribution in [0.3, 0.4) is 0 Å². The first-order chi connectivity index (χ1) is 11.8. The Morgan fingerprint density at radius 2 is 1.84 bits per heavy atom. The summed E-state index contributed by atoms with van der Waals surface area (Å²) in [7, 11) is 0. The van der Waals surface area contributed by atoms with E-state index in [0.717, 1.165) is 15.7 Å². The first kappa shape index (κ1) is 17.8. The van der Waals surface area contributed by atoms with Gasteiger partial charge in [-0.15, -0.1) is 11.3 Å². The van der Waals surface area contributed by atoms with E-state index in [4.69, 9.17) is 0 Å². The van der Waals surface area contributed by atoms with Crippen LogP contribution in [-0.2, 0) is 5.41 Å². The van der Waals surface area contributed by atoms with Crippen molar-refractivity contribution in [3.8, 4) is 11.3 Å². The van der Waals surface area contributed by atoms with Crippen molar-refractivity contribution in [2.24, 2.45) is 0 Å². The molecule has 0 saturated carbocycles. The fourth-order valence-electron chi connectivity index (χ4n) is 2.40. The maximum atomic E-state index is 12.4. The molecule has 1 N–H and O–H groups in total. The molecule has 0 unspecified atom stereocenters. The van der Waals surface area contributed by atoms with E-state index in [1.165, 1.54) is 16.9 Å². The molecule has 0 saturated heterocycles. The average Bonchev–Trinajstić information content (AvgIpc) is 3.03. The highest BCUT2D eigenvalue weighted by molar-refractivity contribution is 9.10. The van der Waals surface area contributed by atoms with Crippen molar-refractivity contribution in [2.75, 3.05) is 5.32 Å². The number of aromatic nitrogens is 1. The Hall–Kier alpha value is -1.98. The molecule has 3 nitrogen and oxygen atoms in total. The topological polar surface area (TPSA) is 42.0 Å². The first-order valence-corrected chi connectivity index (χ1v) is 9.63. The van der Waals surface area contributed by atoms with E-state index in [9.17, 15) is 4.79 Å². The van der Waals surface area contributed by atoms with Crippen LogP contribution >= 0.6 is 27.3 Å². The third-order valence-corrected chi connectivity index (χ3v) is 5.11. The van der Waals surface area contributed by atoms with E-state index >= 15 is 0 Å². The Bertz CT molecular complexity index is 895. The molecule has 1 heterocycles. The van der Waals surface area contributed by atoms with Crippen LogP contribution in [-0.4, -0.2) is 10.9 Å². The molecule has 0 atom stereocenters. The second kappa shape index (κ2) is 7.10. The van der Waals surface area contributed by atoms with Crippen molar-refractivity contribution in [1.82, 2.24) is 4.98 Å². The third-order valence-electron chi connectivity index (χ3n) is 3.86. The molecule has 0 aliphatic carbocycles. The Morgan fingerprint density at radius 1 is 1.12 bits per heavy atom. The minimum absolute atomic E-state index is 0.0726. The van der Waals surface area contributed by atoms with Gasteiger partial charge in [0.15, 0.2) is 5.13 Å². The van der Waals surface area contributed by atoms with Gasteiger partial charge in [0.25, 0.3) is 5.91 Å².